The predicted octanol–water partition coefficient (Wildman–Crippen LogP) is 2.50. The van der Waals surface area contributed by atoms with Gasteiger partial charge in [-0.1, -0.05) is 0 Å². The first kappa shape index (κ1) is 14.2. The molecule has 1 aromatic rings. The number of methoxy groups -OCH3 is 1. The van der Waals surface area contributed by atoms with E-state index in [0.29, 0.717) is 0 Å². The van der Waals surface area contributed by atoms with E-state index >= 15 is 0 Å². The molecular weight excluding hydrogens is 244 g/mol. The van der Waals surface area contributed by atoms with Crippen LogP contribution in [0.2, 0.25) is 0 Å². The minimum absolute atomic E-state index is 0.0228. The largest absolute Gasteiger partial charge is 0.494 e. The Morgan fingerprint density at radius 2 is 2.00 bits per heavy atom. The maximum atomic E-state index is 13.5. The maximum absolute atomic E-state index is 13.5. The molecule has 0 aliphatic carbocycles. The van der Waals surface area contributed by atoms with Gasteiger partial charge in [0.25, 0.3) is 0 Å². The van der Waals surface area contributed by atoms with E-state index in [4.69, 9.17) is 5.11 Å². The molecule has 0 amide bonds. The van der Waals surface area contributed by atoms with Crippen molar-refractivity contribution in [2.75, 3.05) is 19.0 Å². The number of hydrogen-bond donors (Lipinski definition) is 2. The number of carbonyl (C=O) groups is 1. The zero-order valence-corrected chi connectivity index (χ0v) is 10.4. The zero-order valence-electron chi connectivity index (χ0n) is 10.4. The molecule has 0 unspecified atom stereocenters. The summed E-state index contributed by atoms with van der Waals surface area (Å²) in [5.41, 5.74) is -1.18. The highest BCUT2D eigenvalue weighted by Gasteiger charge is 2.27. The van der Waals surface area contributed by atoms with Crippen LogP contribution in [-0.4, -0.2) is 24.7 Å². The predicted molar refractivity (Wildman–Crippen MR) is 62.8 cm³/mol. The average Bonchev–Trinajstić information content (AvgIpc) is 2.29. The molecule has 4 nitrogen and oxygen atoms in total. The molecule has 0 spiro atoms. The molecule has 0 heterocycles. The summed E-state index contributed by atoms with van der Waals surface area (Å²) >= 11 is 0. The van der Waals surface area contributed by atoms with Gasteiger partial charge in [-0.15, -0.1) is 0 Å². The highest BCUT2D eigenvalue weighted by Crippen LogP contribution is 2.26. The van der Waals surface area contributed by atoms with Crippen LogP contribution in [0.5, 0.6) is 5.75 Å². The number of carboxylic acids is 1. The summed E-state index contributed by atoms with van der Waals surface area (Å²) < 4.78 is 31.5. The minimum Gasteiger partial charge on any atom is -0.494 e. The van der Waals surface area contributed by atoms with Crippen molar-refractivity contribution >= 4 is 11.7 Å². The third-order valence-corrected chi connectivity index (χ3v) is 2.54. The van der Waals surface area contributed by atoms with Crippen LogP contribution in [0.1, 0.15) is 13.8 Å². The Morgan fingerprint density at radius 1 is 1.39 bits per heavy atom. The molecule has 0 fully saturated rings. The van der Waals surface area contributed by atoms with Gasteiger partial charge < -0.3 is 15.2 Å². The summed E-state index contributed by atoms with van der Waals surface area (Å²) in [6.07, 6.45) is 0. The molecule has 0 atom stereocenters. The van der Waals surface area contributed by atoms with Crippen molar-refractivity contribution in [2.45, 2.75) is 13.8 Å². The molecule has 0 saturated carbocycles. The van der Waals surface area contributed by atoms with Crippen molar-refractivity contribution in [3.63, 3.8) is 0 Å². The second-order valence-electron chi connectivity index (χ2n) is 4.51. The Morgan fingerprint density at radius 3 is 2.50 bits per heavy atom. The van der Waals surface area contributed by atoms with Crippen LogP contribution in [0.3, 0.4) is 0 Å². The summed E-state index contributed by atoms with van der Waals surface area (Å²) in [5.74, 6) is -2.64. The number of carboxylic acid groups (broad SMARTS) is 1. The normalized spacial score (nSPS) is 11.2. The number of ether oxygens (including phenoxy) is 1. The van der Waals surface area contributed by atoms with E-state index in [0.717, 1.165) is 12.1 Å². The number of halogens is 2. The maximum Gasteiger partial charge on any atom is 0.310 e. The Balaban J connectivity index is 2.86. The highest BCUT2D eigenvalue weighted by molar-refractivity contribution is 5.74. The summed E-state index contributed by atoms with van der Waals surface area (Å²) in [5, 5.41) is 11.5. The van der Waals surface area contributed by atoms with Crippen LogP contribution >= 0.6 is 0 Å². The van der Waals surface area contributed by atoms with E-state index < -0.39 is 23.0 Å². The molecular formula is C12H15F2NO3. The van der Waals surface area contributed by atoms with E-state index in [-0.39, 0.29) is 18.0 Å². The molecule has 0 saturated heterocycles. The van der Waals surface area contributed by atoms with Crippen molar-refractivity contribution in [1.82, 2.24) is 0 Å². The molecule has 0 radical (unpaired) electrons. The Hall–Kier alpha value is -1.85. The fourth-order valence-electron chi connectivity index (χ4n) is 1.21. The van der Waals surface area contributed by atoms with Gasteiger partial charge in [-0.25, -0.2) is 8.78 Å². The van der Waals surface area contributed by atoms with Crippen molar-refractivity contribution in [2.24, 2.45) is 5.41 Å². The van der Waals surface area contributed by atoms with E-state index in [1.54, 1.807) is 0 Å². The number of aliphatic carboxylic acids is 1. The first-order valence-electron chi connectivity index (χ1n) is 5.28. The number of hydrogen-bond acceptors (Lipinski definition) is 3. The Kier molecular flexibility index (Phi) is 4.11. The third-order valence-electron chi connectivity index (χ3n) is 2.54. The summed E-state index contributed by atoms with van der Waals surface area (Å²) in [4.78, 5) is 10.9. The van der Waals surface area contributed by atoms with Crippen molar-refractivity contribution in [3.8, 4) is 5.75 Å². The lowest BCUT2D eigenvalue weighted by atomic mass is 9.94. The van der Waals surface area contributed by atoms with Gasteiger partial charge >= 0.3 is 5.97 Å². The zero-order chi connectivity index (χ0) is 13.9. The van der Waals surface area contributed by atoms with Crippen molar-refractivity contribution in [3.05, 3.63) is 23.8 Å². The number of benzene rings is 1. The topological polar surface area (TPSA) is 58.6 Å². The van der Waals surface area contributed by atoms with Gasteiger partial charge in [0, 0.05) is 18.7 Å². The molecule has 18 heavy (non-hydrogen) atoms. The molecule has 6 heteroatoms. The third kappa shape index (κ3) is 3.09. The average molecular weight is 259 g/mol. The molecule has 2 N–H and O–H groups in total. The standard InChI is InChI=1S/C12H15F2NO3/c1-12(2,11(16)17)6-15-9-4-8(14)10(18-3)5-7(9)13/h4-5,15H,6H2,1-3H3,(H,16,17). The fourth-order valence-corrected chi connectivity index (χ4v) is 1.21. The molecule has 0 aromatic heterocycles. The highest BCUT2D eigenvalue weighted by atomic mass is 19.1. The number of nitrogens with one attached hydrogen (secondary N) is 1. The number of rotatable bonds is 5. The van der Waals surface area contributed by atoms with Crippen LogP contribution in [0.25, 0.3) is 0 Å². The molecule has 100 valence electrons. The lowest BCUT2D eigenvalue weighted by Gasteiger charge is -2.20. The van der Waals surface area contributed by atoms with Crippen LogP contribution < -0.4 is 10.1 Å². The van der Waals surface area contributed by atoms with Gasteiger partial charge in [0.2, 0.25) is 0 Å². The van der Waals surface area contributed by atoms with Gasteiger partial charge in [0.15, 0.2) is 11.6 Å². The van der Waals surface area contributed by atoms with Gasteiger partial charge in [0.1, 0.15) is 5.82 Å². The molecule has 0 bridgehead atoms. The molecule has 0 aliphatic rings. The first-order valence-corrected chi connectivity index (χ1v) is 5.28. The lowest BCUT2D eigenvalue weighted by Crippen LogP contribution is -2.32. The monoisotopic (exact) mass is 259 g/mol. The summed E-state index contributed by atoms with van der Waals surface area (Å²) in [6, 6.07) is 1.84. The van der Waals surface area contributed by atoms with Crippen LogP contribution in [0, 0.1) is 17.0 Å². The van der Waals surface area contributed by atoms with Gasteiger partial charge in [-0.3, -0.25) is 4.79 Å². The first-order chi connectivity index (χ1) is 8.27. The van der Waals surface area contributed by atoms with Crippen molar-refractivity contribution < 1.29 is 23.4 Å². The van der Waals surface area contributed by atoms with Gasteiger partial charge in [-0.05, 0) is 13.8 Å². The summed E-state index contributed by atoms with van der Waals surface area (Å²) in [7, 11) is 1.23. The smallest absolute Gasteiger partial charge is 0.310 e. The summed E-state index contributed by atoms with van der Waals surface area (Å²) in [6.45, 7) is 2.95. The van der Waals surface area contributed by atoms with Crippen LogP contribution in [0.15, 0.2) is 12.1 Å². The van der Waals surface area contributed by atoms with Gasteiger partial charge in [-0.2, -0.15) is 0 Å². The number of anilines is 1. The van der Waals surface area contributed by atoms with E-state index in [1.807, 2.05) is 0 Å². The van der Waals surface area contributed by atoms with Crippen molar-refractivity contribution in [1.29, 1.82) is 0 Å². The molecule has 1 aromatic carbocycles. The van der Waals surface area contributed by atoms with Gasteiger partial charge in [0.05, 0.1) is 18.2 Å². The second-order valence-corrected chi connectivity index (χ2v) is 4.51. The minimum atomic E-state index is -1.08. The van der Waals surface area contributed by atoms with E-state index in [9.17, 15) is 13.6 Å². The molecule has 1 rings (SSSR count). The Bertz CT molecular complexity index is 461. The lowest BCUT2D eigenvalue weighted by molar-refractivity contribution is -0.146. The van der Waals surface area contributed by atoms with E-state index in [2.05, 4.69) is 10.1 Å². The van der Waals surface area contributed by atoms with Crippen LogP contribution in [-0.2, 0) is 4.79 Å². The SMILES string of the molecule is COc1cc(F)c(NCC(C)(C)C(=O)O)cc1F. The second kappa shape index (κ2) is 5.20. The quantitative estimate of drug-likeness (QED) is 0.853. The fraction of sp³-hybridized carbons (Fsp3) is 0.417. The van der Waals surface area contributed by atoms with E-state index in [1.165, 1.54) is 21.0 Å². The van der Waals surface area contributed by atoms with Crippen LogP contribution in [0.4, 0.5) is 14.5 Å². The Labute approximate surface area is 104 Å². The molecule has 0 aliphatic heterocycles.